The van der Waals surface area contributed by atoms with Gasteiger partial charge in [0.15, 0.2) is 0 Å². The van der Waals surface area contributed by atoms with Crippen molar-refractivity contribution in [3.8, 4) is 11.5 Å². The van der Waals surface area contributed by atoms with Gasteiger partial charge in [0.25, 0.3) is 0 Å². The maximum atomic E-state index is 12.6. The van der Waals surface area contributed by atoms with Crippen LogP contribution in [0.2, 0.25) is 0 Å². The summed E-state index contributed by atoms with van der Waals surface area (Å²) < 4.78 is 5.88. The Labute approximate surface area is 128 Å². The Morgan fingerprint density at radius 2 is 1.62 bits per heavy atom. The zero-order valence-corrected chi connectivity index (χ0v) is 12.3. The van der Waals surface area contributed by atoms with E-state index in [9.17, 15) is 4.79 Å². The molecule has 0 saturated carbocycles. The zero-order valence-electron chi connectivity index (χ0n) is 11.5. The topological polar surface area (TPSA) is 38.3 Å². The first kappa shape index (κ1) is 14.0. The number of amides is 1. The van der Waals surface area contributed by atoms with Gasteiger partial charge in [-0.2, -0.15) is 0 Å². The first-order valence-electron chi connectivity index (χ1n) is 7.00. The molecule has 1 N–H and O–H groups in total. The van der Waals surface area contributed by atoms with Crippen molar-refractivity contribution in [2.24, 2.45) is 0 Å². The van der Waals surface area contributed by atoms with Crippen LogP contribution in [0.3, 0.4) is 0 Å². The highest BCUT2D eigenvalue weighted by molar-refractivity contribution is 6.17. The van der Waals surface area contributed by atoms with Gasteiger partial charge in [-0.05, 0) is 18.6 Å². The molecule has 0 aromatic heterocycles. The predicted molar refractivity (Wildman–Crippen MR) is 83.1 cm³/mol. The molecule has 108 valence electrons. The molecule has 0 unspecified atom stereocenters. The van der Waals surface area contributed by atoms with Crippen LogP contribution in [0.5, 0.6) is 11.5 Å². The lowest BCUT2D eigenvalue weighted by Crippen LogP contribution is -2.32. The van der Waals surface area contributed by atoms with Crippen molar-refractivity contribution >= 4 is 17.5 Å². The summed E-state index contributed by atoms with van der Waals surface area (Å²) in [7, 11) is 0. The van der Waals surface area contributed by atoms with Crippen LogP contribution in [0.1, 0.15) is 23.5 Å². The minimum atomic E-state index is -0.332. The van der Waals surface area contributed by atoms with Gasteiger partial charge in [-0.25, -0.2) is 0 Å². The fourth-order valence-electron chi connectivity index (χ4n) is 2.57. The largest absolute Gasteiger partial charge is 0.457 e. The van der Waals surface area contributed by atoms with E-state index in [1.165, 1.54) is 0 Å². The molecule has 3 nitrogen and oxygen atoms in total. The third-order valence-corrected chi connectivity index (χ3v) is 3.82. The van der Waals surface area contributed by atoms with Crippen LogP contribution in [-0.2, 0) is 4.79 Å². The van der Waals surface area contributed by atoms with Crippen molar-refractivity contribution in [3.63, 3.8) is 0 Å². The minimum absolute atomic E-state index is 0.0108. The Morgan fingerprint density at radius 3 is 2.19 bits per heavy atom. The zero-order chi connectivity index (χ0) is 14.7. The van der Waals surface area contributed by atoms with Gasteiger partial charge in [0.2, 0.25) is 5.91 Å². The van der Waals surface area contributed by atoms with E-state index in [1.807, 2.05) is 48.5 Å². The molecule has 0 radical (unpaired) electrons. The lowest BCUT2D eigenvalue weighted by molar-refractivity contribution is -0.121. The average molecular weight is 302 g/mol. The van der Waals surface area contributed by atoms with E-state index < -0.39 is 0 Å². The summed E-state index contributed by atoms with van der Waals surface area (Å²) in [6, 6.07) is 15.3. The van der Waals surface area contributed by atoms with Crippen LogP contribution < -0.4 is 10.1 Å². The number of ether oxygens (including phenoxy) is 1. The molecule has 0 bridgehead atoms. The Kier molecular flexibility index (Phi) is 4.11. The van der Waals surface area contributed by atoms with Crippen LogP contribution in [0.15, 0.2) is 48.5 Å². The fourth-order valence-corrected chi connectivity index (χ4v) is 2.71. The van der Waals surface area contributed by atoms with Gasteiger partial charge in [-0.15, -0.1) is 11.6 Å². The van der Waals surface area contributed by atoms with Crippen LogP contribution in [0, 0.1) is 0 Å². The summed E-state index contributed by atoms with van der Waals surface area (Å²) >= 11 is 5.66. The Hall–Kier alpha value is -2.00. The molecule has 0 spiro atoms. The molecule has 0 saturated heterocycles. The van der Waals surface area contributed by atoms with E-state index in [0.717, 1.165) is 29.0 Å². The SMILES string of the molecule is O=C(NCCCCl)C1c2ccccc2Oc2ccccc21. The normalized spacial score (nSPS) is 13.0. The highest BCUT2D eigenvalue weighted by Crippen LogP contribution is 2.43. The quantitative estimate of drug-likeness (QED) is 0.691. The number of hydrogen-bond donors (Lipinski definition) is 1. The number of alkyl halides is 1. The highest BCUT2D eigenvalue weighted by Gasteiger charge is 2.31. The number of carbonyl (C=O) groups excluding carboxylic acids is 1. The van der Waals surface area contributed by atoms with Crippen LogP contribution in [0.4, 0.5) is 0 Å². The summed E-state index contributed by atoms with van der Waals surface area (Å²) in [5.74, 6) is 1.69. The van der Waals surface area contributed by atoms with E-state index in [-0.39, 0.29) is 11.8 Å². The number of benzene rings is 2. The molecule has 2 aromatic rings. The second-order valence-corrected chi connectivity index (χ2v) is 5.32. The van der Waals surface area contributed by atoms with Crippen molar-refractivity contribution in [3.05, 3.63) is 59.7 Å². The first-order valence-corrected chi connectivity index (χ1v) is 7.54. The molecule has 1 heterocycles. The summed E-state index contributed by atoms with van der Waals surface area (Å²) in [6.45, 7) is 0.587. The molecule has 3 rings (SSSR count). The Balaban J connectivity index is 1.96. The number of carbonyl (C=O) groups is 1. The van der Waals surface area contributed by atoms with Gasteiger partial charge in [-0.3, -0.25) is 4.79 Å². The van der Waals surface area contributed by atoms with Crippen molar-refractivity contribution in [2.75, 3.05) is 12.4 Å². The minimum Gasteiger partial charge on any atom is -0.457 e. The van der Waals surface area contributed by atoms with E-state index >= 15 is 0 Å². The number of fused-ring (bicyclic) bond motifs is 2. The van der Waals surface area contributed by atoms with Crippen LogP contribution in [0.25, 0.3) is 0 Å². The monoisotopic (exact) mass is 301 g/mol. The van der Waals surface area contributed by atoms with Gasteiger partial charge < -0.3 is 10.1 Å². The second kappa shape index (κ2) is 6.19. The molecule has 21 heavy (non-hydrogen) atoms. The van der Waals surface area contributed by atoms with E-state index in [1.54, 1.807) is 0 Å². The number of rotatable bonds is 4. The molecule has 0 aliphatic carbocycles. The van der Waals surface area contributed by atoms with Crippen molar-refractivity contribution in [2.45, 2.75) is 12.3 Å². The maximum absolute atomic E-state index is 12.6. The van der Waals surface area contributed by atoms with Crippen LogP contribution in [-0.4, -0.2) is 18.3 Å². The van der Waals surface area contributed by atoms with Gasteiger partial charge in [-0.1, -0.05) is 36.4 Å². The fraction of sp³-hybridized carbons (Fsp3) is 0.235. The summed E-state index contributed by atoms with van der Waals surface area (Å²) in [5, 5.41) is 2.96. The molecule has 1 aliphatic heterocycles. The Bertz CT molecular complexity index is 611. The summed E-state index contributed by atoms with van der Waals surface area (Å²) in [6.07, 6.45) is 0.764. The molecular weight excluding hydrogens is 286 g/mol. The lowest BCUT2D eigenvalue weighted by atomic mass is 9.87. The molecular formula is C17H16ClNO2. The third kappa shape index (κ3) is 2.74. The molecule has 1 aliphatic rings. The first-order chi connectivity index (χ1) is 10.3. The third-order valence-electron chi connectivity index (χ3n) is 3.55. The van der Waals surface area contributed by atoms with E-state index in [4.69, 9.17) is 16.3 Å². The van der Waals surface area contributed by atoms with Crippen LogP contribution >= 0.6 is 11.6 Å². The van der Waals surface area contributed by atoms with Crippen molar-refractivity contribution in [1.82, 2.24) is 5.32 Å². The molecule has 0 atom stereocenters. The number of hydrogen-bond acceptors (Lipinski definition) is 2. The number of halogens is 1. The molecule has 0 fully saturated rings. The van der Waals surface area contributed by atoms with Crippen molar-refractivity contribution < 1.29 is 9.53 Å². The van der Waals surface area contributed by atoms with Gasteiger partial charge in [0.1, 0.15) is 11.5 Å². The molecule has 1 amide bonds. The molecule has 4 heteroatoms. The second-order valence-electron chi connectivity index (χ2n) is 4.94. The summed E-state index contributed by atoms with van der Waals surface area (Å²) in [5.41, 5.74) is 1.80. The highest BCUT2D eigenvalue weighted by atomic mass is 35.5. The summed E-state index contributed by atoms with van der Waals surface area (Å²) in [4.78, 5) is 12.6. The van der Waals surface area contributed by atoms with E-state index in [2.05, 4.69) is 5.32 Å². The number of nitrogens with one attached hydrogen (secondary N) is 1. The smallest absolute Gasteiger partial charge is 0.232 e. The Morgan fingerprint density at radius 1 is 1.05 bits per heavy atom. The van der Waals surface area contributed by atoms with E-state index in [0.29, 0.717) is 12.4 Å². The van der Waals surface area contributed by atoms with Gasteiger partial charge in [0, 0.05) is 23.6 Å². The predicted octanol–water partition coefficient (Wildman–Crippen LogP) is 3.67. The number of para-hydroxylation sites is 2. The van der Waals surface area contributed by atoms with Crippen molar-refractivity contribution in [1.29, 1.82) is 0 Å². The lowest BCUT2D eigenvalue weighted by Gasteiger charge is -2.27. The molecule has 2 aromatic carbocycles. The van der Waals surface area contributed by atoms with Gasteiger partial charge >= 0.3 is 0 Å². The average Bonchev–Trinajstić information content (AvgIpc) is 2.52. The standard InChI is InChI=1S/C17H16ClNO2/c18-10-5-11-19-17(20)16-12-6-1-3-8-14(12)21-15-9-4-2-7-13(15)16/h1-4,6-9,16H,5,10-11H2,(H,19,20). The van der Waals surface area contributed by atoms with Gasteiger partial charge in [0.05, 0.1) is 5.92 Å². The maximum Gasteiger partial charge on any atom is 0.232 e.